The normalized spacial score (nSPS) is 10.4. The second-order valence-electron chi connectivity index (χ2n) is 4.81. The van der Waals surface area contributed by atoms with E-state index in [9.17, 15) is 4.79 Å². The van der Waals surface area contributed by atoms with E-state index in [2.05, 4.69) is 20.6 Å². The molecule has 1 aromatic heterocycles. The summed E-state index contributed by atoms with van der Waals surface area (Å²) in [5.41, 5.74) is 0.946. The molecule has 0 aliphatic rings. The Morgan fingerprint density at radius 2 is 2.16 bits per heavy atom. The van der Waals surface area contributed by atoms with Gasteiger partial charge in [-0.05, 0) is 27.7 Å². The Kier molecular flexibility index (Phi) is 5.54. The van der Waals surface area contributed by atoms with E-state index in [4.69, 9.17) is 0 Å². The molecular weight excluding hydrogens is 242 g/mol. The van der Waals surface area contributed by atoms with Crippen molar-refractivity contribution in [1.82, 2.24) is 15.3 Å². The minimum absolute atomic E-state index is 0.0134. The molecule has 0 atom stereocenters. The maximum atomic E-state index is 11.7. The van der Waals surface area contributed by atoms with Crippen molar-refractivity contribution < 1.29 is 4.79 Å². The largest absolute Gasteiger partial charge is 0.354 e. The molecule has 0 aliphatic heterocycles. The molecule has 6 nitrogen and oxygen atoms in total. The SMILES string of the molecule is CCNc1ncc(C)c(N(C)CC(=O)NC(C)C)n1. The van der Waals surface area contributed by atoms with Gasteiger partial charge in [0, 0.05) is 31.4 Å². The third-order valence-electron chi connectivity index (χ3n) is 2.47. The first-order valence-electron chi connectivity index (χ1n) is 6.52. The lowest BCUT2D eigenvalue weighted by molar-refractivity contribution is -0.120. The summed E-state index contributed by atoms with van der Waals surface area (Å²) in [6.45, 7) is 8.85. The monoisotopic (exact) mass is 265 g/mol. The van der Waals surface area contributed by atoms with Crippen LogP contribution in [-0.2, 0) is 4.79 Å². The number of carbonyl (C=O) groups is 1. The second kappa shape index (κ2) is 6.92. The molecule has 0 bridgehead atoms. The summed E-state index contributed by atoms with van der Waals surface area (Å²) in [6.07, 6.45) is 1.76. The van der Waals surface area contributed by atoms with Crippen LogP contribution in [0.15, 0.2) is 6.20 Å². The topological polar surface area (TPSA) is 70.2 Å². The Labute approximate surface area is 114 Å². The zero-order chi connectivity index (χ0) is 14.4. The summed E-state index contributed by atoms with van der Waals surface area (Å²) in [5.74, 6) is 1.34. The van der Waals surface area contributed by atoms with Crippen LogP contribution in [0.25, 0.3) is 0 Å². The van der Waals surface area contributed by atoms with Crippen molar-refractivity contribution >= 4 is 17.7 Å². The third-order valence-corrected chi connectivity index (χ3v) is 2.47. The van der Waals surface area contributed by atoms with Gasteiger partial charge in [-0.2, -0.15) is 4.98 Å². The molecule has 0 spiro atoms. The summed E-state index contributed by atoms with van der Waals surface area (Å²) in [6, 6.07) is 0.143. The molecule has 1 aromatic rings. The highest BCUT2D eigenvalue weighted by molar-refractivity contribution is 5.81. The molecule has 0 aliphatic carbocycles. The van der Waals surface area contributed by atoms with E-state index in [-0.39, 0.29) is 18.5 Å². The fourth-order valence-electron chi connectivity index (χ4n) is 1.72. The van der Waals surface area contributed by atoms with Crippen LogP contribution in [0.4, 0.5) is 11.8 Å². The number of aromatic nitrogens is 2. The van der Waals surface area contributed by atoms with Gasteiger partial charge in [-0.1, -0.05) is 0 Å². The molecule has 6 heteroatoms. The Balaban J connectivity index is 2.77. The fraction of sp³-hybridized carbons (Fsp3) is 0.615. The van der Waals surface area contributed by atoms with Crippen LogP contribution < -0.4 is 15.5 Å². The predicted molar refractivity (Wildman–Crippen MR) is 77.5 cm³/mol. The van der Waals surface area contributed by atoms with Gasteiger partial charge in [0.2, 0.25) is 11.9 Å². The van der Waals surface area contributed by atoms with Crippen LogP contribution in [-0.4, -0.2) is 42.1 Å². The van der Waals surface area contributed by atoms with Crippen molar-refractivity contribution in [3.8, 4) is 0 Å². The predicted octanol–water partition coefficient (Wildman–Crippen LogP) is 1.18. The number of anilines is 2. The first kappa shape index (κ1) is 15.2. The van der Waals surface area contributed by atoms with E-state index in [1.165, 1.54) is 0 Å². The minimum Gasteiger partial charge on any atom is -0.354 e. The molecule has 1 amide bonds. The van der Waals surface area contributed by atoms with E-state index >= 15 is 0 Å². The summed E-state index contributed by atoms with van der Waals surface area (Å²) < 4.78 is 0. The zero-order valence-electron chi connectivity index (χ0n) is 12.3. The quantitative estimate of drug-likeness (QED) is 0.808. The van der Waals surface area contributed by atoms with Gasteiger partial charge in [-0.25, -0.2) is 4.98 Å². The fourth-order valence-corrected chi connectivity index (χ4v) is 1.72. The number of hydrogen-bond acceptors (Lipinski definition) is 5. The molecule has 19 heavy (non-hydrogen) atoms. The van der Waals surface area contributed by atoms with Gasteiger partial charge in [-0.3, -0.25) is 4.79 Å². The minimum atomic E-state index is -0.0134. The maximum absolute atomic E-state index is 11.7. The van der Waals surface area contributed by atoms with Crippen LogP contribution in [0.1, 0.15) is 26.3 Å². The Bertz CT molecular complexity index is 433. The molecule has 106 valence electrons. The van der Waals surface area contributed by atoms with Crippen molar-refractivity contribution in [3.05, 3.63) is 11.8 Å². The van der Waals surface area contributed by atoms with E-state index in [0.29, 0.717) is 5.95 Å². The van der Waals surface area contributed by atoms with Crippen molar-refractivity contribution in [2.75, 3.05) is 30.4 Å². The zero-order valence-corrected chi connectivity index (χ0v) is 12.3. The van der Waals surface area contributed by atoms with Gasteiger partial charge in [0.15, 0.2) is 0 Å². The lowest BCUT2D eigenvalue weighted by atomic mass is 10.3. The lowest BCUT2D eigenvalue weighted by Gasteiger charge is -2.20. The number of carbonyl (C=O) groups excluding carboxylic acids is 1. The van der Waals surface area contributed by atoms with Gasteiger partial charge in [0.05, 0.1) is 6.54 Å². The van der Waals surface area contributed by atoms with E-state index in [1.54, 1.807) is 6.20 Å². The second-order valence-corrected chi connectivity index (χ2v) is 4.81. The van der Waals surface area contributed by atoms with Crippen LogP contribution in [0, 0.1) is 6.92 Å². The Hall–Kier alpha value is -1.85. The van der Waals surface area contributed by atoms with Gasteiger partial charge in [-0.15, -0.1) is 0 Å². The van der Waals surface area contributed by atoms with Crippen LogP contribution in [0.5, 0.6) is 0 Å². The molecule has 1 heterocycles. The molecule has 0 radical (unpaired) electrons. The molecule has 0 unspecified atom stereocenters. The number of aryl methyl sites for hydroxylation is 1. The van der Waals surface area contributed by atoms with Crippen LogP contribution in [0.3, 0.4) is 0 Å². The highest BCUT2D eigenvalue weighted by Gasteiger charge is 2.12. The number of nitrogens with zero attached hydrogens (tertiary/aromatic N) is 3. The van der Waals surface area contributed by atoms with Gasteiger partial charge in [0.25, 0.3) is 0 Å². The molecule has 0 fully saturated rings. The van der Waals surface area contributed by atoms with Crippen molar-refractivity contribution in [2.24, 2.45) is 0 Å². The van der Waals surface area contributed by atoms with Gasteiger partial charge in [0.1, 0.15) is 5.82 Å². The van der Waals surface area contributed by atoms with Crippen LogP contribution in [0.2, 0.25) is 0 Å². The lowest BCUT2D eigenvalue weighted by Crippen LogP contribution is -2.39. The van der Waals surface area contributed by atoms with E-state index in [1.807, 2.05) is 39.6 Å². The number of nitrogens with one attached hydrogen (secondary N) is 2. The van der Waals surface area contributed by atoms with Crippen LogP contribution >= 0.6 is 0 Å². The van der Waals surface area contributed by atoms with Crippen molar-refractivity contribution in [2.45, 2.75) is 33.7 Å². The molecule has 0 saturated carbocycles. The first-order valence-corrected chi connectivity index (χ1v) is 6.52. The molecule has 1 rings (SSSR count). The number of likely N-dealkylation sites (N-methyl/N-ethyl adjacent to an activating group) is 1. The van der Waals surface area contributed by atoms with Gasteiger partial charge >= 0.3 is 0 Å². The number of hydrogen-bond donors (Lipinski definition) is 2. The number of amides is 1. The van der Waals surface area contributed by atoms with Crippen molar-refractivity contribution in [3.63, 3.8) is 0 Å². The first-order chi connectivity index (χ1) is 8.93. The van der Waals surface area contributed by atoms with E-state index in [0.717, 1.165) is 17.9 Å². The summed E-state index contributed by atoms with van der Waals surface area (Å²) in [4.78, 5) is 22.2. The average molecular weight is 265 g/mol. The third kappa shape index (κ3) is 4.73. The maximum Gasteiger partial charge on any atom is 0.239 e. The standard InChI is InChI=1S/C13H23N5O/c1-6-14-13-15-7-10(4)12(17-13)18(5)8-11(19)16-9(2)3/h7,9H,6,8H2,1-5H3,(H,16,19)(H,14,15,17). The summed E-state index contributed by atoms with van der Waals surface area (Å²) in [7, 11) is 1.85. The molecule has 2 N–H and O–H groups in total. The number of rotatable bonds is 6. The molecular formula is C13H23N5O. The van der Waals surface area contributed by atoms with Gasteiger partial charge < -0.3 is 15.5 Å². The molecule has 0 aromatic carbocycles. The van der Waals surface area contributed by atoms with E-state index < -0.39 is 0 Å². The smallest absolute Gasteiger partial charge is 0.239 e. The highest BCUT2D eigenvalue weighted by atomic mass is 16.2. The summed E-state index contributed by atoms with van der Waals surface area (Å²) >= 11 is 0. The van der Waals surface area contributed by atoms with Crippen molar-refractivity contribution in [1.29, 1.82) is 0 Å². The Morgan fingerprint density at radius 3 is 2.74 bits per heavy atom. The molecule has 0 saturated heterocycles. The highest BCUT2D eigenvalue weighted by Crippen LogP contribution is 2.16. The average Bonchev–Trinajstić information content (AvgIpc) is 2.30. The summed E-state index contributed by atoms with van der Waals surface area (Å²) in [5, 5.41) is 5.93. The Morgan fingerprint density at radius 1 is 1.47 bits per heavy atom.